The lowest BCUT2D eigenvalue weighted by atomic mass is 10.0. The minimum Gasteiger partial charge on any atom is -0.351 e. The van der Waals surface area contributed by atoms with Crippen LogP contribution in [-0.4, -0.2) is 17.4 Å². The zero-order valence-electron chi connectivity index (χ0n) is 9.58. The van der Waals surface area contributed by atoms with Crippen LogP contribution in [0.25, 0.3) is 0 Å². The predicted molar refractivity (Wildman–Crippen MR) is 68.7 cm³/mol. The zero-order chi connectivity index (χ0) is 11.9. The lowest BCUT2D eigenvalue weighted by Crippen LogP contribution is -2.31. The largest absolute Gasteiger partial charge is 0.351 e. The molecule has 1 amide bonds. The van der Waals surface area contributed by atoms with Crippen LogP contribution in [0.15, 0.2) is 22.9 Å². The van der Waals surface area contributed by atoms with E-state index in [0.717, 1.165) is 12.5 Å². The number of rotatable bonds is 4. The summed E-state index contributed by atoms with van der Waals surface area (Å²) in [6.07, 6.45) is 6.95. The summed E-state index contributed by atoms with van der Waals surface area (Å²) in [5.74, 6) is 0.858. The number of nitrogens with one attached hydrogen (secondary N) is 1. The van der Waals surface area contributed by atoms with E-state index in [1.165, 1.54) is 25.7 Å². The Morgan fingerprint density at radius 2 is 2.29 bits per heavy atom. The Morgan fingerprint density at radius 1 is 1.53 bits per heavy atom. The van der Waals surface area contributed by atoms with E-state index in [9.17, 15) is 4.79 Å². The predicted octanol–water partition coefficient (Wildman–Crippen LogP) is 2.76. The number of nitrogens with zero attached hydrogens (tertiary/aromatic N) is 1. The Morgan fingerprint density at radius 3 is 2.88 bits per heavy atom. The molecule has 2 aliphatic rings. The van der Waals surface area contributed by atoms with Crippen molar-refractivity contribution in [3.05, 3.63) is 28.5 Å². The van der Waals surface area contributed by atoms with Gasteiger partial charge in [0, 0.05) is 12.7 Å². The van der Waals surface area contributed by atoms with Crippen molar-refractivity contribution in [3.8, 4) is 0 Å². The highest BCUT2D eigenvalue weighted by molar-refractivity contribution is 9.10. The van der Waals surface area contributed by atoms with Crippen LogP contribution >= 0.6 is 15.9 Å². The molecule has 0 saturated heterocycles. The van der Waals surface area contributed by atoms with Crippen LogP contribution in [-0.2, 0) is 0 Å². The summed E-state index contributed by atoms with van der Waals surface area (Å²) >= 11 is 3.30. The molecule has 0 aliphatic heterocycles. The fraction of sp³-hybridized carbons (Fsp3) is 0.538. The number of halogens is 1. The molecule has 1 heterocycles. The first-order chi connectivity index (χ1) is 8.21. The Balaban J connectivity index is 1.62. The van der Waals surface area contributed by atoms with Crippen LogP contribution < -0.4 is 5.32 Å². The maximum atomic E-state index is 12.0. The summed E-state index contributed by atoms with van der Waals surface area (Å²) in [6.45, 7) is 0.831. The van der Waals surface area contributed by atoms with Gasteiger partial charge in [0.15, 0.2) is 0 Å². The Hall–Kier alpha value is -0.900. The molecule has 17 heavy (non-hydrogen) atoms. The van der Waals surface area contributed by atoms with Crippen LogP contribution in [0.2, 0.25) is 0 Å². The third kappa shape index (κ3) is 2.23. The minimum atomic E-state index is -0.0168. The Bertz CT molecular complexity index is 452. The molecule has 0 radical (unpaired) electrons. The normalized spacial score (nSPS) is 21.0. The second kappa shape index (κ2) is 4.09. The molecule has 2 saturated carbocycles. The second-order valence-corrected chi connectivity index (χ2v) is 5.91. The van der Waals surface area contributed by atoms with Crippen molar-refractivity contribution >= 4 is 21.8 Å². The summed E-state index contributed by atoms with van der Waals surface area (Å²) in [5.41, 5.74) is 1.07. The first kappa shape index (κ1) is 11.2. The third-order valence-corrected chi connectivity index (χ3v) is 4.57. The topological polar surface area (TPSA) is 42.0 Å². The van der Waals surface area contributed by atoms with Crippen LogP contribution in [0.3, 0.4) is 0 Å². The van der Waals surface area contributed by atoms with Gasteiger partial charge >= 0.3 is 0 Å². The molecule has 0 atom stereocenters. The van der Waals surface area contributed by atoms with Gasteiger partial charge in [0.2, 0.25) is 0 Å². The van der Waals surface area contributed by atoms with Gasteiger partial charge in [0.25, 0.3) is 5.91 Å². The monoisotopic (exact) mass is 294 g/mol. The van der Waals surface area contributed by atoms with Gasteiger partial charge < -0.3 is 5.32 Å². The van der Waals surface area contributed by atoms with Gasteiger partial charge in [-0.05, 0) is 65.1 Å². The summed E-state index contributed by atoms with van der Waals surface area (Å²) in [6, 6.07) is 3.58. The van der Waals surface area contributed by atoms with E-state index in [2.05, 4.69) is 26.2 Å². The molecule has 0 unspecified atom stereocenters. The van der Waals surface area contributed by atoms with E-state index in [1.54, 1.807) is 18.3 Å². The van der Waals surface area contributed by atoms with E-state index >= 15 is 0 Å². The lowest BCUT2D eigenvalue weighted by Gasteiger charge is -2.15. The van der Waals surface area contributed by atoms with Gasteiger partial charge in [-0.15, -0.1) is 0 Å². The summed E-state index contributed by atoms with van der Waals surface area (Å²) < 4.78 is 0.619. The molecule has 0 spiro atoms. The van der Waals surface area contributed by atoms with E-state index in [4.69, 9.17) is 0 Å². The molecule has 2 fully saturated rings. The molecule has 1 aromatic rings. The highest BCUT2D eigenvalue weighted by Gasteiger charge is 2.53. The standard InChI is InChI=1S/C13H15BrN2O/c14-11-10(2-1-7-15-11)12(17)16-8-13(5-6-13)9-3-4-9/h1-2,7,9H,3-6,8H2,(H,16,17). The molecular formula is C13H15BrN2O. The molecular weight excluding hydrogens is 280 g/mol. The molecule has 0 bridgehead atoms. The number of carbonyl (C=O) groups excluding carboxylic acids is 1. The second-order valence-electron chi connectivity index (χ2n) is 5.16. The fourth-order valence-electron chi connectivity index (χ4n) is 2.49. The van der Waals surface area contributed by atoms with E-state index in [0.29, 0.717) is 15.6 Å². The van der Waals surface area contributed by atoms with Gasteiger partial charge in [0.1, 0.15) is 4.60 Å². The average molecular weight is 295 g/mol. The van der Waals surface area contributed by atoms with Crippen LogP contribution in [0.4, 0.5) is 0 Å². The molecule has 4 heteroatoms. The summed E-state index contributed by atoms with van der Waals surface area (Å²) in [7, 11) is 0. The fourth-order valence-corrected chi connectivity index (χ4v) is 2.92. The first-order valence-corrected chi connectivity index (χ1v) is 6.89. The number of pyridine rings is 1. The van der Waals surface area contributed by atoms with Gasteiger partial charge in [-0.1, -0.05) is 0 Å². The molecule has 2 aliphatic carbocycles. The SMILES string of the molecule is O=C(NCC1(C2CC2)CC1)c1cccnc1Br. The number of aromatic nitrogens is 1. The van der Waals surface area contributed by atoms with Gasteiger partial charge in [-0.3, -0.25) is 4.79 Å². The van der Waals surface area contributed by atoms with Crippen molar-refractivity contribution in [2.75, 3.05) is 6.54 Å². The molecule has 0 aromatic carbocycles. The summed E-state index contributed by atoms with van der Waals surface area (Å²) in [4.78, 5) is 16.1. The average Bonchev–Trinajstić information content (AvgIpc) is 3.17. The third-order valence-electron chi connectivity index (χ3n) is 3.94. The van der Waals surface area contributed by atoms with Crippen molar-refractivity contribution in [1.29, 1.82) is 0 Å². The zero-order valence-corrected chi connectivity index (χ0v) is 11.2. The van der Waals surface area contributed by atoms with Crippen LogP contribution in [0, 0.1) is 11.3 Å². The minimum absolute atomic E-state index is 0.0168. The molecule has 1 N–H and O–H groups in total. The lowest BCUT2D eigenvalue weighted by molar-refractivity contribution is 0.0941. The Labute approximate surface area is 109 Å². The molecule has 3 nitrogen and oxygen atoms in total. The maximum Gasteiger partial charge on any atom is 0.254 e. The van der Waals surface area contributed by atoms with Crippen molar-refractivity contribution < 1.29 is 4.79 Å². The molecule has 1 aromatic heterocycles. The van der Waals surface area contributed by atoms with Crippen molar-refractivity contribution in [3.63, 3.8) is 0 Å². The number of carbonyl (C=O) groups is 1. The highest BCUT2D eigenvalue weighted by atomic mass is 79.9. The van der Waals surface area contributed by atoms with Gasteiger partial charge in [-0.2, -0.15) is 0 Å². The number of amides is 1. The van der Waals surface area contributed by atoms with E-state index in [-0.39, 0.29) is 5.91 Å². The highest BCUT2D eigenvalue weighted by Crippen LogP contribution is 2.60. The van der Waals surface area contributed by atoms with Gasteiger partial charge in [0.05, 0.1) is 5.56 Å². The maximum absolute atomic E-state index is 12.0. The molecule has 3 rings (SSSR count). The van der Waals surface area contributed by atoms with E-state index in [1.807, 2.05) is 0 Å². The van der Waals surface area contributed by atoms with Crippen molar-refractivity contribution in [2.45, 2.75) is 25.7 Å². The van der Waals surface area contributed by atoms with Gasteiger partial charge in [-0.25, -0.2) is 4.98 Å². The summed E-state index contributed by atoms with van der Waals surface area (Å²) in [5, 5.41) is 3.05. The van der Waals surface area contributed by atoms with Crippen molar-refractivity contribution in [2.24, 2.45) is 11.3 Å². The smallest absolute Gasteiger partial charge is 0.254 e. The van der Waals surface area contributed by atoms with Crippen molar-refractivity contribution in [1.82, 2.24) is 10.3 Å². The quantitative estimate of drug-likeness (QED) is 0.868. The number of hydrogen-bond donors (Lipinski definition) is 1. The Kier molecular flexibility index (Phi) is 2.69. The number of hydrogen-bond acceptors (Lipinski definition) is 2. The van der Waals surface area contributed by atoms with Crippen LogP contribution in [0.1, 0.15) is 36.0 Å². The van der Waals surface area contributed by atoms with Crippen LogP contribution in [0.5, 0.6) is 0 Å². The molecule has 90 valence electrons. The van der Waals surface area contributed by atoms with E-state index < -0.39 is 0 Å². The first-order valence-electron chi connectivity index (χ1n) is 6.10.